The van der Waals surface area contributed by atoms with Crippen molar-refractivity contribution in [1.82, 2.24) is 20.6 Å². The summed E-state index contributed by atoms with van der Waals surface area (Å²) in [5.41, 5.74) is 8.41. The maximum atomic E-state index is 13.1. The van der Waals surface area contributed by atoms with Crippen LogP contribution in [0.1, 0.15) is 28.9 Å². The Balaban J connectivity index is 1.47. The first-order valence-corrected chi connectivity index (χ1v) is 10.8. The summed E-state index contributed by atoms with van der Waals surface area (Å²) in [5, 5.41) is 9.03. The zero-order valence-corrected chi connectivity index (χ0v) is 18.0. The van der Waals surface area contributed by atoms with E-state index in [9.17, 15) is 14.0 Å². The van der Waals surface area contributed by atoms with Crippen LogP contribution in [0.15, 0.2) is 54.7 Å². The number of nitrogens with zero attached hydrogens (tertiary/aromatic N) is 2. The van der Waals surface area contributed by atoms with Crippen LogP contribution in [0.4, 0.5) is 15.9 Å². The summed E-state index contributed by atoms with van der Waals surface area (Å²) < 4.78 is 13.1. The molecule has 1 aromatic heterocycles. The van der Waals surface area contributed by atoms with Crippen molar-refractivity contribution < 1.29 is 14.0 Å². The van der Waals surface area contributed by atoms with Crippen LogP contribution in [0.25, 0.3) is 11.3 Å². The quantitative estimate of drug-likeness (QED) is 0.460. The first-order chi connectivity index (χ1) is 16.0. The minimum Gasteiger partial charge on any atom is -0.382 e. The lowest BCUT2D eigenvalue weighted by molar-refractivity contribution is -0.115. The van der Waals surface area contributed by atoms with Gasteiger partial charge in [0.05, 0.1) is 18.3 Å². The molecule has 0 spiro atoms. The molecule has 5 N–H and O–H groups in total. The molecular formula is C24H25FN6O2. The molecule has 1 atom stereocenters. The van der Waals surface area contributed by atoms with E-state index in [1.54, 1.807) is 30.3 Å². The number of rotatable bonds is 6. The zero-order valence-electron chi connectivity index (χ0n) is 18.0. The lowest BCUT2D eigenvalue weighted by atomic mass is 10.1. The van der Waals surface area contributed by atoms with Crippen LogP contribution < -0.4 is 21.7 Å². The van der Waals surface area contributed by atoms with Crippen LogP contribution in [0.3, 0.4) is 0 Å². The Morgan fingerprint density at radius 2 is 2.00 bits per heavy atom. The number of amides is 2. The largest absolute Gasteiger partial charge is 0.382 e. The first-order valence-electron chi connectivity index (χ1n) is 10.8. The van der Waals surface area contributed by atoms with Gasteiger partial charge < -0.3 is 21.7 Å². The number of nitrogens with one attached hydrogen (secondary N) is 3. The molecular weight excluding hydrogens is 423 g/mol. The molecule has 0 radical (unpaired) electrons. The van der Waals surface area contributed by atoms with Crippen molar-refractivity contribution in [3.05, 3.63) is 71.8 Å². The van der Waals surface area contributed by atoms with Gasteiger partial charge in [0, 0.05) is 23.8 Å². The van der Waals surface area contributed by atoms with Gasteiger partial charge in [0.2, 0.25) is 5.91 Å². The zero-order chi connectivity index (χ0) is 23.2. The van der Waals surface area contributed by atoms with Gasteiger partial charge in [-0.2, -0.15) is 0 Å². The van der Waals surface area contributed by atoms with E-state index in [4.69, 9.17) is 5.73 Å². The van der Waals surface area contributed by atoms with Crippen LogP contribution in [0.2, 0.25) is 0 Å². The Morgan fingerprint density at radius 3 is 2.76 bits per heavy atom. The molecule has 1 saturated heterocycles. The first kappa shape index (κ1) is 22.3. The van der Waals surface area contributed by atoms with Crippen LogP contribution in [-0.4, -0.2) is 40.9 Å². The average molecular weight is 449 g/mol. The van der Waals surface area contributed by atoms with Crippen LogP contribution in [0, 0.1) is 5.82 Å². The highest BCUT2D eigenvalue weighted by Gasteiger charge is 2.20. The number of aromatic nitrogens is 2. The van der Waals surface area contributed by atoms with E-state index in [-0.39, 0.29) is 41.6 Å². The van der Waals surface area contributed by atoms with Gasteiger partial charge in [-0.1, -0.05) is 24.3 Å². The molecule has 2 amide bonds. The third-order valence-corrected chi connectivity index (χ3v) is 5.37. The van der Waals surface area contributed by atoms with Crippen molar-refractivity contribution in [2.75, 3.05) is 24.1 Å². The predicted octanol–water partition coefficient (Wildman–Crippen LogP) is 2.53. The predicted molar refractivity (Wildman–Crippen MR) is 124 cm³/mol. The van der Waals surface area contributed by atoms with Gasteiger partial charge in [-0.15, -0.1) is 0 Å². The molecule has 3 aromatic rings. The SMILES string of the molecule is Nc1ncc(-c2cccc(NC(=O)Cc3ccc(F)cc3)c2)nc1C(=O)NC1CCCNC1. The molecule has 1 unspecified atom stereocenters. The Bertz CT molecular complexity index is 1150. The molecule has 33 heavy (non-hydrogen) atoms. The topological polar surface area (TPSA) is 122 Å². The molecule has 8 nitrogen and oxygen atoms in total. The molecule has 1 fully saturated rings. The summed E-state index contributed by atoms with van der Waals surface area (Å²) >= 11 is 0. The van der Waals surface area contributed by atoms with Gasteiger partial charge in [0.25, 0.3) is 5.91 Å². The van der Waals surface area contributed by atoms with E-state index >= 15 is 0 Å². The number of carbonyl (C=O) groups excluding carboxylic acids is 2. The number of halogens is 1. The maximum Gasteiger partial charge on any atom is 0.274 e. The van der Waals surface area contributed by atoms with E-state index in [1.165, 1.54) is 18.3 Å². The highest BCUT2D eigenvalue weighted by molar-refractivity contribution is 5.97. The van der Waals surface area contributed by atoms with Gasteiger partial charge in [-0.25, -0.2) is 14.4 Å². The summed E-state index contributed by atoms with van der Waals surface area (Å²) in [4.78, 5) is 33.7. The number of hydrogen-bond acceptors (Lipinski definition) is 6. The second-order valence-electron chi connectivity index (χ2n) is 7.94. The summed E-state index contributed by atoms with van der Waals surface area (Å²) in [7, 11) is 0. The van der Waals surface area contributed by atoms with Crippen molar-refractivity contribution >= 4 is 23.3 Å². The van der Waals surface area contributed by atoms with E-state index < -0.39 is 0 Å². The van der Waals surface area contributed by atoms with E-state index in [2.05, 4.69) is 25.9 Å². The van der Waals surface area contributed by atoms with E-state index in [1.807, 2.05) is 6.07 Å². The Morgan fingerprint density at radius 1 is 1.18 bits per heavy atom. The van der Waals surface area contributed by atoms with Crippen molar-refractivity contribution in [1.29, 1.82) is 0 Å². The molecule has 0 saturated carbocycles. The molecule has 9 heteroatoms. The molecule has 0 aliphatic carbocycles. The number of nitrogen functional groups attached to an aromatic ring is 1. The van der Waals surface area contributed by atoms with Crippen LogP contribution in [-0.2, 0) is 11.2 Å². The van der Waals surface area contributed by atoms with Crippen molar-refractivity contribution in [3.8, 4) is 11.3 Å². The minimum absolute atomic E-state index is 0.0238. The van der Waals surface area contributed by atoms with E-state index in [0.29, 0.717) is 29.1 Å². The van der Waals surface area contributed by atoms with Gasteiger partial charge in [-0.05, 0) is 49.2 Å². The number of nitrogens with two attached hydrogens (primary N) is 1. The Labute approximate surface area is 190 Å². The molecule has 170 valence electrons. The lowest BCUT2D eigenvalue weighted by Gasteiger charge is -2.23. The highest BCUT2D eigenvalue weighted by atomic mass is 19.1. The third-order valence-electron chi connectivity index (χ3n) is 5.37. The molecule has 2 aromatic carbocycles. The monoisotopic (exact) mass is 448 g/mol. The smallest absolute Gasteiger partial charge is 0.274 e. The fourth-order valence-electron chi connectivity index (χ4n) is 3.68. The summed E-state index contributed by atoms with van der Waals surface area (Å²) in [6.45, 7) is 1.65. The standard InChI is InChI=1S/C24H25FN6O2/c25-17-8-6-15(7-9-17)11-21(32)29-18-4-1-3-16(12-18)20-14-28-23(26)22(31-20)24(33)30-19-5-2-10-27-13-19/h1,3-4,6-9,12,14,19,27H,2,5,10-11,13H2,(H2,26,28)(H,29,32)(H,30,33). The van der Waals surface area contributed by atoms with Crippen LogP contribution >= 0.6 is 0 Å². The number of hydrogen-bond donors (Lipinski definition) is 4. The number of carbonyl (C=O) groups is 2. The van der Waals surface area contributed by atoms with Gasteiger partial charge in [-0.3, -0.25) is 9.59 Å². The van der Waals surface area contributed by atoms with Crippen molar-refractivity contribution in [3.63, 3.8) is 0 Å². The Hall–Kier alpha value is -3.85. The molecule has 0 bridgehead atoms. The normalized spacial score (nSPS) is 15.6. The number of benzene rings is 2. The minimum atomic E-state index is -0.362. The highest BCUT2D eigenvalue weighted by Crippen LogP contribution is 2.22. The average Bonchev–Trinajstić information content (AvgIpc) is 2.81. The fourth-order valence-corrected chi connectivity index (χ4v) is 3.68. The fraction of sp³-hybridized carbons (Fsp3) is 0.250. The number of piperidine rings is 1. The van der Waals surface area contributed by atoms with Gasteiger partial charge in [0.1, 0.15) is 5.82 Å². The second kappa shape index (κ2) is 10.2. The van der Waals surface area contributed by atoms with E-state index in [0.717, 1.165) is 19.4 Å². The van der Waals surface area contributed by atoms with Crippen molar-refractivity contribution in [2.24, 2.45) is 0 Å². The van der Waals surface area contributed by atoms with Crippen molar-refractivity contribution in [2.45, 2.75) is 25.3 Å². The summed E-state index contributed by atoms with van der Waals surface area (Å²) in [6, 6.07) is 12.9. The Kier molecular flexibility index (Phi) is 6.89. The number of anilines is 2. The molecule has 2 heterocycles. The maximum absolute atomic E-state index is 13.1. The lowest BCUT2D eigenvalue weighted by Crippen LogP contribution is -2.46. The van der Waals surface area contributed by atoms with Crippen LogP contribution in [0.5, 0.6) is 0 Å². The summed E-state index contributed by atoms with van der Waals surface area (Å²) in [5.74, 6) is -0.883. The summed E-state index contributed by atoms with van der Waals surface area (Å²) in [6.07, 6.45) is 3.50. The molecule has 1 aliphatic heterocycles. The third kappa shape index (κ3) is 5.89. The molecule has 4 rings (SSSR count). The van der Waals surface area contributed by atoms with Gasteiger partial charge in [0.15, 0.2) is 11.5 Å². The second-order valence-corrected chi connectivity index (χ2v) is 7.94. The van der Waals surface area contributed by atoms with Gasteiger partial charge >= 0.3 is 0 Å². The molecule has 1 aliphatic rings.